The highest BCUT2D eigenvalue weighted by Crippen LogP contribution is 2.36. The number of benzene rings is 1. The van der Waals surface area contributed by atoms with Gasteiger partial charge in [-0.1, -0.05) is 29.4 Å². The number of nitrogens with zero attached hydrogens (tertiary/aromatic N) is 2. The first-order chi connectivity index (χ1) is 9.11. The lowest BCUT2D eigenvalue weighted by Gasteiger charge is -2.03. The Morgan fingerprint density at radius 3 is 2.79 bits per heavy atom. The minimum absolute atomic E-state index is 0.277. The summed E-state index contributed by atoms with van der Waals surface area (Å²) in [6.07, 6.45) is 0. The van der Waals surface area contributed by atoms with E-state index in [1.165, 1.54) is 4.88 Å². The maximum Gasteiger partial charge on any atom is 0.224 e. The SMILES string of the molecule is Cc1cc2c(Sc3cccc(Cl)c3)nc(Cl)nc2s1. The molecule has 0 amide bonds. The number of halogens is 2. The van der Waals surface area contributed by atoms with Crippen molar-refractivity contribution in [3.05, 3.63) is 45.5 Å². The van der Waals surface area contributed by atoms with Gasteiger partial charge in [0.2, 0.25) is 5.28 Å². The van der Waals surface area contributed by atoms with Gasteiger partial charge in [0.1, 0.15) is 9.86 Å². The van der Waals surface area contributed by atoms with Crippen LogP contribution in [-0.4, -0.2) is 9.97 Å². The van der Waals surface area contributed by atoms with E-state index in [4.69, 9.17) is 23.2 Å². The molecule has 3 rings (SSSR count). The van der Waals surface area contributed by atoms with Crippen LogP contribution in [0.1, 0.15) is 4.88 Å². The van der Waals surface area contributed by atoms with Gasteiger partial charge in [-0.15, -0.1) is 11.3 Å². The van der Waals surface area contributed by atoms with E-state index in [9.17, 15) is 0 Å². The molecule has 0 aliphatic carbocycles. The van der Waals surface area contributed by atoms with E-state index in [-0.39, 0.29) is 5.28 Å². The standard InChI is InChI=1S/C13H8Cl2N2S2/c1-7-5-10-11(18-7)16-13(15)17-12(10)19-9-4-2-3-8(14)6-9/h2-6H,1H3. The largest absolute Gasteiger partial charge is 0.224 e. The monoisotopic (exact) mass is 326 g/mol. The summed E-state index contributed by atoms with van der Waals surface area (Å²) in [5.74, 6) is 0. The summed E-state index contributed by atoms with van der Waals surface area (Å²) >= 11 is 15.1. The number of thiophene rings is 1. The minimum Gasteiger partial charge on any atom is -0.210 e. The Kier molecular flexibility index (Phi) is 3.67. The Labute approximate surface area is 128 Å². The van der Waals surface area contributed by atoms with Crippen LogP contribution in [0.4, 0.5) is 0 Å². The molecule has 0 saturated heterocycles. The molecule has 0 aliphatic rings. The van der Waals surface area contributed by atoms with E-state index in [1.54, 1.807) is 23.1 Å². The normalized spacial score (nSPS) is 11.1. The number of aryl methyl sites for hydroxylation is 1. The van der Waals surface area contributed by atoms with E-state index in [0.29, 0.717) is 5.02 Å². The zero-order valence-electron chi connectivity index (χ0n) is 9.85. The first kappa shape index (κ1) is 13.2. The summed E-state index contributed by atoms with van der Waals surface area (Å²) in [7, 11) is 0. The third-order valence-electron chi connectivity index (χ3n) is 2.46. The zero-order chi connectivity index (χ0) is 13.4. The number of aromatic nitrogens is 2. The lowest BCUT2D eigenvalue weighted by Crippen LogP contribution is -1.86. The molecule has 2 nitrogen and oxygen atoms in total. The molecule has 19 heavy (non-hydrogen) atoms. The molecule has 0 saturated carbocycles. The van der Waals surface area contributed by atoms with Crippen LogP contribution in [-0.2, 0) is 0 Å². The Morgan fingerprint density at radius 1 is 1.16 bits per heavy atom. The van der Waals surface area contributed by atoms with Crippen molar-refractivity contribution in [1.82, 2.24) is 9.97 Å². The summed E-state index contributed by atoms with van der Waals surface area (Å²) in [6, 6.07) is 9.76. The molecule has 0 unspecified atom stereocenters. The van der Waals surface area contributed by atoms with Gasteiger partial charge < -0.3 is 0 Å². The minimum atomic E-state index is 0.277. The van der Waals surface area contributed by atoms with Gasteiger partial charge in [-0.05, 0) is 42.8 Å². The van der Waals surface area contributed by atoms with Gasteiger partial charge in [-0.3, -0.25) is 0 Å². The summed E-state index contributed by atoms with van der Waals surface area (Å²) in [4.78, 5) is 11.7. The van der Waals surface area contributed by atoms with Crippen molar-refractivity contribution in [2.75, 3.05) is 0 Å². The van der Waals surface area contributed by atoms with Gasteiger partial charge in [0, 0.05) is 20.2 Å². The molecule has 3 aromatic rings. The molecule has 0 radical (unpaired) electrons. The van der Waals surface area contributed by atoms with Crippen molar-refractivity contribution in [2.45, 2.75) is 16.8 Å². The average Bonchev–Trinajstić information content (AvgIpc) is 2.69. The predicted octanol–water partition coefficient (Wildman–Crippen LogP) is 5.46. The van der Waals surface area contributed by atoms with E-state index in [2.05, 4.69) is 16.0 Å². The second-order valence-electron chi connectivity index (χ2n) is 3.93. The number of fused-ring (bicyclic) bond motifs is 1. The van der Waals surface area contributed by atoms with Crippen molar-refractivity contribution in [2.24, 2.45) is 0 Å². The quantitative estimate of drug-likeness (QED) is 0.462. The molecule has 2 aromatic heterocycles. The van der Waals surface area contributed by atoms with Crippen LogP contribution in [0.25, 0.3) is 10.2 Å². The Balaban J connectivity index is 2.09. The first-order valence-corrected chi connectivity index (χ1v) is 7.88. The van der Waals surface area contributed by atoms with Crippen LogP contribution in [0.2, 0.25) is 10.3 Å². The summed E-state index contributed by atoms with van der Waals surface area (Å²) in [5.41, 5.74) is 0. The summed E-state index contributed by atoms with van der Waals surface area (Å²) in [5, 5.41) is 2.89. The number of hydrogen-bond acceptors (Lipinski definition) is 4. The number of rotatable bonds is 2. The molecule has 0 N–H and O–H groups in total. The molecular formula is C13H8Cl2N2S2. The van der Waals surface area contributed by atoms with Crippen LogP contribution in [0.3, 0.4) is 0 Å². The van der Waals surface area contributed by atoms with Gasteiger partial charge in [-0.2, -0.15) is 0 Å². The molecule has 0 fully saturated rings. The fourth-order valence-corrected chi connectivity index (χ4v) is 4.13. The van der Waals surface area contributed by atoms with E-state index >= 15 is 0 Å². The van der Waals surface area contributed by atoms with Crippen LogP contribution in [0.15, 0.2) is 40.3 Å². The highest BCUT2D eigenvalue weighted by atomic mass is 35.5. The van der Waals surface area contributed by atoms with Crippen molar-refractivity contribution in [3.63, 3.8) is 0 Å². The molecule has 2 heterocycles. The Bertz CT molecular complexity index is 755. The topological polar surface area (TPSA) is 25.8 Å². The van der Waals surface area contributed by atoms with Crippen LogP contribution in [0, 0.1) is 6.92 Å². The van der Waals surface area contributed by atoms with Crippen LogP contribution >= 0.6 is 46.3 Å². The average molecular weight is 327 g/mol. The molecule has 0 aliphatic heterocycles. The van der Waals surface area contributed by atoms with Crippen LogP contribution in [0.5, 0.6) is 0 Å². The molecule has 96 valence electrons. The van der Waals surface area contributed by atoms with Gasteiger partial charge in [-0.25, -0.2) is 9.97 Å². The summed E-state index contributed by atoms with van der Waals surface area (Å²) in [6.45, 7) is 2.05. The molecule has 0 spiro atoms. The maximum atomic E-state index is 5.99. The van der Waals surface area contributed by atoms with Crippen LogP contribution < -0.4 is 0 Å². The molecule has 0 bridgehead atoms. The van der Waals surface area contributed by atoms with E-state index < -0.39 is 0 Å². The van der Waals surface area contributed by atoms with E-state index in [0.717, 1.165) is 20.1 Å². The highest BCUT2D eigenvalue weighted by molar-refractivity contribution is 7.99. The van der Waals surface area contributed by atoms with E-state index in [1.807, 2.05) is 31.2 Å². The molecule has 6 heteroatoms. The second kappa shape index (κ2) is 5.29. The highest BCUT2D eigenvalue weighted by Gasteiger charge is 2.11. The lowest BCUT2D eigenvalue weighted by molar-refractivity contribution is 1.11. The third-order valence-corrected chi connectivity index (χ3v) is 4.81. The Hall–Kier alpha value is -0.810. The smallest absolute Gasteiger partial charge is 0.210 e. The zero-order valence-corrected chi connectivity index (χ0v) is 13.0. The van der Waals surface area contributed by atoms with Crippen molar-refractivity contribution >= 4 is 56.5 Å². The maximum absolute atomic E-state index is 5.99. The molecular weight excluding hydrogens is 319 g/mol. The van der Waals surface area contributed by atoms with Crippen molar-refractivity contribution < 1.29 is 0 Å². The molecule has 0 atom stereocenters. The molecule has 1 aromatic carbocycles. The summed E-state index contributed by atoms with van der Waals surface area (Å²) < 4.78 is 0. The fourth-order valence-electron chi connectivity index (χ4n) is 1.71. The van der Waals surface area contributed by atoms with Gasteiger partial charge in [0.15, 0.2) is 0 Å². The second-order valence-corrected chi connectivity index (χ2v) is 7.00. The van der Waals surface area contributed by atoms with Gasteiger partial charge >= 0.3 is 0 Å². The first-order valence-electron chi connectivity index (χ1n) is 5.49. The Morgan fingerprint density at radius 2 is 2.00 bits per heavy atom. The third kappa shape index (κ3) is 2.87. The lowest BCUT2D eigenvalue weighted by atomic mass is 10.4. The number of hydrogen-bond donors (Lipinski definition) is 0. The van der Waals surface area contributed by atoms with Crippen molar-refractivity contribution in [3.8, 4) is 0 Å². The van der Waals surface area contributed by atoms with Gasteiger partial charge in [0.25, 0.3) is 0 Å². The predicted molar refractivity (Wildman–Crippen MR) is 82.7 cm³/mol. The van der Waals surface area contributed by atoms with Crippen molar-refractivity contribution in [1.29, 1.82) is 0 Å². The fraction of sp³-hybridized carbons (Fsp3) is 0.0769. The van der Waals surface area contributed by atoms with Gasteiger partial charge in [0.05, 0.1) is 0 Å².